The number of nitrogens with two attached hydrogens (primary N) is 1. The summed E-state index contributed by atoms with van der Waals surface area (Å²) in [5, 5.41) is 9.55. The van der Waals surface area contributed by atoms with Crippen LogP contribution < -0.4 is 5.73 Å². The van der Waals surface area contributed by atoms with Crippen LogP contribution >= 0.6 is 0 Å². The Morgan fingerprint density at radius 1 is 1.45 bits per heavy atom. The lowest BCUT2D eigenvalue weighted by atomic mass is 9.76. The molecule has 2 aliphatic heterocycles. The predicted octanol–water partition coefficient (Wildman–Crippen LogP) is 0.454. The molecule has 0 radical (unpaired) electrons. The van der Waals surface area contributed by atoms with Gasteiger partial charge in [-0.1, -0.05) is 13.3 Å². The van der Waals surface area contributed by atoms with Crippen LogP contribution in [0, 0.1) is 11.3 Å². The molecule has 3 atom stereocenters. The molecule has 20 heavy (non-hydrogen) atoms. The number of carboxylic acids is 1. The topological polar surface area (TPSA) is 92.9 Å². The summed E-state index contributed by atoms with van der Waals surface area (Å²) in [6.45, 7) is 3.67. The Bertz CT molecular complexity index is 383. The first-order valence-corrected chi connectivity index (χ1v) is 7.35. The zero-order valence-electron chi connectivity index (χ0n) is 12.0. The van der Waals surface area contributed by atoms with E-state index in [-0.39, 0.29) is 17.9 Å². The molecule has 1 amide bonds. The van der Waals surface area contributed by atoms with E-state index in [1.165, 1.54) is 0 Å². The third-order valence-electron chi connectivity index (χ3n) is 4.51. The van der Waals surface area contributed by atoms with Gasteiger partial charge in [0.25, 0.3) is 0 Å². The third-order valence-corrected chi connectivity index (χ3v) is 4.51. The number of carbonyl (C=O) groups excluding carboxylic acids is 1. The van der Waals surface area contributed by atoms with Gasteiger partial charge in [0.2, 0.25) is 5.91 Å². The maximum Gasteiger partial charge on any atom is 0.311 e. The molecule has 114 valence electrons. The van der Waals surface area contributed by atoms with E-state index < -0.39 is 11.4 Å². The van der Waals surface area contributed by atoms with Gasteiger partial charge in [-0.05, 0) is 19.3 Å². The molecule has 6 nitrogen and oxygen atoms in total. The van der Waals surface area contributed by atoms with Crippen LogP contribution in [0.5, 0.6) is 0 Å². The Balaban J connectivity index is 2.09. The van der Waals surface area contributed by atoms with E-state index in [9.17, 15) is 14.7 Å². The number of aliphatic carboxylic acids is 1. The van der Waals surface area contributed by atoms with Gasteiger partial charge in [0.15, 0.2) is 0 Å². The van der Waals surface area contributed by atoms with E-state index in [2.05, 4.69) is 0 Å². The van der Waals surface area contributed by atoms with Crippen molar-refractivity contribution < 1.29 is 19.4 Å². The molecule has 2 aliphatic rings. The Hall–Kier alpha value is -1.14. The summed E-state index contributed by atoms with van der Waals surface area (Å²) < 4.78 is 5.24. The fraction of sp³-hybridized carbons (Fsp3) is 0.857. The minimum Gasteiger partial charge on any atom is -0.481 e. The molecule has 6 heteroatoms. The zero-order chi connectivity index (χ0) is 14.8. The Morgan fingerprint density at radius 2 is 2.20 bits per heavy atom. The van der Waals surface area contributed by atoms with E-state index in [0.717, 1.165) is 12.8 Å². The Labute approximate surface area is 119 Å². The Kier molecular flexibility index (Phi) is 4.65. The van der Waals surface area contributed by atoms with Crippen molar-refractivity contribution in [1.82, 2.24) is 4.90 Å². The van der Waals surface area contributed by atoms with Gasteiger partial charge in [-0.2, -0.15) is 0 Å². The zero-order valence-corrected chi connectivity index (χ0v) is 12.0. The number of rotatable bonds is 4. The van der Waals surface area contributed by atoms with Crippen molar-refractivity contribution >= 4 is 11.9 Å². The van der Waals surface area contributed by atoms with E-state index in [4.69, 9.17) is 10.5 Å². The molecule has 0 aromatic rings. The number of likely N-dealkylation sites (tertiary alicyclic amines) is 1. The largest absolute Gasteiger partial charge is 0.481 e. The summed E-state index contributed by atoms with van der Waals surface area (Å²) in [6, 6.07) is -0.269. The molecular formula is C14H24N2O4. The van der Waals surface area contributed by atoms with Gasteiger partial charge >= 0.3 is 5.97 Å². The summed E-state index contributed by atoms with van der Waals surface area (Å²) in [5.74, 6) is -1.15. The van der Waals surface area contributed by atoms with Crippen LogP contribution in [0.3, 0.4) is 0 Å². The minimum atomic E-state index is -0.788. The van der Waals surface area contributed by atoms with Crippen LogP contribution in [0.25, 0.3) is 0 Å². The van der Waals surface area contributed by atoms with Crippen LogP contribution in [-0.4, -0.2) is 54.2 Å². The van der Waals surface area contributed by atoms with Crippen molar-refractivity contribution in [2.24, 2.45) is 17.1 Å². The number of nitrogens with zero attached hydrogens (tertiary/aromatic N) is 1. The summed E-state index contributed by atoms with van der Waals surface area (Å²) in [7, 11) is 0. The maximum absolute atomic E-state index is 12.5. The highest BCUT2D eigenvalue weighted by molar-refractivity contribution is 5.82. The van der Waals surface area contributed by atoms with Crippen molar-refractivity contribution in [2.75, 3.05) is 26.3 Å². The summed E-state index contributed by atoms with van der Waals surface area (Å²) >= 11 is 0. The van der Waals surface area contributed by atoms with Crippen LogP contribution in [0.1, 0.15) is 32.6 Å². The molecule has 0 aromatic heterocycles. The molecular weight excluding hydrogens is 260 g/mol. The highest BCUT2D eigenvalue weighted by Gasteiger charge is 2.45. The van der Waals surface area contributed by atoms with Crippen molar-refractivity contribution in [3.8, 4) is 0 Å². The maximum atomic E-state index is 12.5. The van der Waals surface area contributed by atoms with Crippen molar-refractivity contribution in [2.45, 2.75) is 38.6 Å². The van der Waals surface area contributed by atoms with Crippen LogP contribution in [-0.2, 0) is 14.3 Å². The smallest absolute Gasteiger partial charge is 0.311 e. The molecule has 0 saturated carbocycles. The van der Waals surface area contributed by atoms with E-state index in [0.29, 0.717) is 39.1 Å². The summed E-state index contributed by atoms with van der Waals surface area (Å²) in [4.78, 5) is 25.8. The molecule has 3 N–H and O–H groups in total. The minimum absolute atomic E-state index is 0.0450. The number of hydrogen-bond acceptors (Lipinski definition) is 4. The molecule has 2 fully saturated rings. The van der Waals surface area contributed by atoms with Crippen molar-refractivity contribution in [1.29, 1.82) is 0 Å². The number of hydrogen-bond donors (Lipinski definition) is 2. The van der Waals surface area contributed by atoms with Crippen LogP contribution in [0.4, 0.5) is 0 Å². The second-order valence-corrected chi connectivity index (χ2v) is 6.01. The highest BCUT2D eigenvalue weighted by Crippen LogP contribution is 2.36. The average Bonchev–Trinajstić information content (AvgIpc) is 2.84. The fourth-order valence-corrected chi connectivity index (χ4v) is 3.34. The van der Waals surface area contributed by atoms with Crippen LogP contribution in [0.2, 0.25) is 0 Å². The van der Waals surface area contributed by atoms with E-state index >= 15 is 0 Å². The van der Waals surface area contributed by atoms with Gasteiger partial charge in [-0.15, -0.1) is 0 Å². The molecule has 2 rings (SSSR count). The third kappa shape index (κ3) is 2.81. The predicted molar refractivity (Wildman–Crippen MR) is 73.1 cm³/mol. The highest BCUT2D eigenvalue weighted by atomic mass is 16.5. The summed E-state index contributed by atoms with van der Waals surface area (Å²) in [6.07, 6.45) is 2.80. The molecule has 2 saturated heterocycles. The fourth-order valence-electron chi connectivity index (χ4n) is 3.34. The van der Waals surface area contributed by atoms with Gasteiger partial charge in [0, 0.05) is 19.1 Å². The first-order chi connectivity index (χ1) is 9.50. The first kappa shape index (κ1) is 15.3. The average molecular weight is 284 g/mol. The van der Waals surface area contributed by atoms with Gasteiger partial charge in [0.1, 0.15) is 0 Å². The molecule has 0 aromatic carbocycles. The number of piperidine rings is 1. The molecule has 0 spiro atoms. The Morgan fingerprint density at radius 3 is 2.75 bits per heavy atom. The van der Waals surface area contributed by atoms with Gasteiger partial charge in [0.05, 0.1) is 24.5 Å². The van der Waals surface area contributed by atoms with Gasteiger partial charge in [-0.25, -0.2) is 0 Å². The molecule has 2 heterocycles. The second kappa shape index (κ2) is 6.10. The SMILES string of the molecule is CCCC1(C(=O)O)CCCN(C(=O)C2COCC2N)C1. The van der Waals surface area contributed by atoms with Crippen molar-refractivity contribution in [3.05, 3.63) is 0 Å². The standard InChI is InChI=1S/C14H24N2O4/c1-2-4-14(13(18)19)5-3-6-16(9-14)12(17)10-7-20-8-11(10)15/h10-11H,2-9,15H2,1H3,(H,18,19). The lowest BCUT2D eigenvalue weighted by molar-refractivity contribution is -0.156. The molecule has 0 aliphatic carbocycles. The lowest BCUT2D eigenvalue weighted by Crippen LogP contribution is -2.53. The number of carboxylic acid groups (broad SMARTS) is 1. The monoisotopic (exact) mass is 284 g/mol. The first-order valence-electron chi connectivity index (χ1n) is 7.35. The van der Waals surface area contributed by atoms with Crippen molar-refractivity contribution in [3.63, 3.8) is 0 Å². The van der Waals surface area contributed by atoms with E-state index in [1.807, 2.05) is 6.92 Å². The lowest BCUT2D eigenvalue weighted by Gasteiger charge is -2.41. The van der Waals surface area contributed by atoms with Gasteiger partial charge in [-0.3, -0.25) is 9.59 Å². The van der Waals surface area contributed by atoms with E-state index in [1.54, 1.807) is 4.90 Å². The normalized spacial score (nSPS) is 34.2. The molecule has 3 unspecified atom stereocenters. The number of amides is 1. The second-order valence-electron chi connectivity index (χ2n) is 6.01. The quantitative estimate of drug-likeness (QED) is 0.782. The van der Waals surface area contributed by atoms with Crippen LogP contribution in [0.15, 0.2) is 0 Å². The number of ether oxygens (including phenoxy) is 1. The summed E-state index contributed by atoms with van der Waals surface area (Å²) in [5.41, 5.74) is 5.10. The number of carbonyl (C=O) groups is 2. The van der Waals surface area contributed by atoms with Gasteiger partial charge < -0.3 is 20.5 Å². The molecule has 0 bridgehead atoms.